The highest BCUT2D eigenvalue weighted by atomic mass is 32.2. The van der Waals surface area contributed by atoms with Gasteiger partial charge in [0.05, 0.1) is 31.3 Å². The molecule has 2 saturated heterocycles. The van der Waals surface area contributed by atoms with E-state index in [1.165, 1.54) is 12.4 Å². The number of carbonyl (C=O) groups excluding carboxylic acids is 9. The van der Waals surface area contributed by atoms with Crippen LogP contribution in [-0.2, 0) is 44.8 Å². The van der Waals surface area contributed by atoms with Crippen LogP contribution in [0.25, 0.3) is 0 Å². The maximum Gasteiger partial charge on any atom is 0.315 e. The van der Waals surface area contributed by atoms with Gasteiger partial charge in [0.15, 0.2) is 0 Å². The third-order valence-corrected chi connectivity index (χ3v) is 12.0. The SMILES string of the molecule is CC(C)CC(CC(=O)NO)C(=O)N[C@@H](Cc1ccccc1)C(=O)N[C@H](C(=O)NCC(=O)NCC(=O)N[C@@H](CCCCNC(=O)CCCC[C@@H]1SC[C@@H]2NC(=O)N[C@@H]21)C(N)=O)[C@@H](C)O. The van der Waals surface area contributed by atoms with Crippen LogP contribution in [0.1, 0.15) is 84.1 Å². The first-order valence-electron chi connectivity index (χ1n) is 21.3. The predicted molar refractivity (Wildman–Crippen MR) is 231 cm³/mol. The van der Waals surface area contributed by atoms with Crippen molar-refractivity contribution in [1.29, 1.82) is 0 Å². The van der Waals surface area contributed by atoms with Gasteiger partial charge in [-0.15, -0.1) is 0 Å². The van der Waals surface area contributed by atoms with E-state index in [1.54, 1.807) is 30.3 Å². The Morgan fingerprint density at radius 2 is 1.51 bits per heavy atom. The number of hydrogen-bond donors (Lipinski definition) is 12. The van der Waals surface area contributed by atoms with E-state index < -0.39 is 84.6 Å². The molecule has 63 heavy (non-hydrogen) atoms. The highest BCUT2D eigenvalue weighted by Crippen LogP contribution is 2.33. The highest BCUT2D eigenvalue weighted by Gasteiger charge is 2.42. The molecule has 1 aromatic rings. The molecule has 13 N–H and O–H groups in total. The van der Waals surface area contributed by atoms with Crippen molar-refractivity contribution < 1.29 is 53.5 Å². The average Bonchev–Trinajstić information content (AvgIpc) is 3.80. The van der Waals surface area contributed by atoms with Crippen molar-refractivity contribution in [2.24, 2.45) is 17.6 Å². The monoisotopic (exact) mass is 904 g/mol. The normalized spacial score (nSPS) is 18.8. The maximum absolute atomic E-state index is 13.6. The van der Waals surface area contributed by atoms with Gasteiger partial charge in [-0.3, -0.25) is 43.6 Å². The summed E-state index contributed by atoms with van der Waals surface area (Å²) in [6.07, 6.45) is 2.48. The number of urea groups is 1. The number of rotatable bonds is 28. The number of hydroxylamine groups is 1. The van der Waals surface area contributed by atoms with Crippen molar-refractivity contribution in [3.05, 3.63) is 35.9 Å². The van der Waals surface area contributed by atoms with E-state index >= 15 is 0 Å². The molecule has 21 nitrogen and oxygen atoms in total. The first-order valence-corrected chi connectivity index (χ1v) is 22.4. The summed E-state index contributed by atoms with van der Waals surface area (Å²) in [7, 11) is 0. The Kier molecular flexibility index (Phi) is 22.1. The molecule has 1 unspecified atom stereocenters. The molecule has 22 heteroatoms. The number of aliphatic hydroxyl groups excluding tert-OH is 1. The molecular weight excluding hydrogens is 841 g/mol. The second kappa shape index (κ2) is 26.9. The molecule has 0 aromatic heterocycles. The summed E-state index contributed by atoms with van der Waals surface area (Å²) >= 11 is 1.83. The Bertz CT molecular complexity index is 1740. The van der Waals surface area contributed by atoms with Gasteiger partial charge in [0.2, 0.25) is 47.3 Å². The largest absolute Gasteiger partial charge is 0.391 e. The number of amides is 10. The lowest BCUT2D eigenvalue weighted by Gasteiger charge is -2.26. The number of carbonyl (C=O) groups is 9. The number of unbranched alkanes of at least 4 members (excludes halogenated alkanes) is 2. The highest BCUT2D eigenvalue weighted by molar-refractivity contribution is 8.00. The summed E-state index contributed by atoms with van der Waals surface area (Å²) < 4.78 is 0. The summed E-state index contributed by atoms with van der Waals surface area (Å²) in [5, 5.41) is 40.7. The standard InChI is InChI=1S/C41H64N10O11S/c1-23(2)17-26(19-32(54)51-62)38(58)47-28(18-25-11-5-4-6-12-25)39(59)49-35(24(3)52)40(60)45-20-33(55)44-21-34(56)46-27(37(42)57)13-9-10-16-43-31(53)15-8-7-14-30-36-29(22-63-30)48-41(61)50-36/h4-6,11-12,23-24,26-30,35-36,52,62H,7-10,13-22H2,1-3H3,(H2,42,57)(H,43,53)(H,44,55)(H,45,60)(H,46,56)(H,47,58)(H,49,59)(H,51,54)(H2,48,50,61)/t24-,26?,27+,28+,29+,30+,35+,36+/m1/s1. The Hall–Kier alpha value is -5.48. The molecule has 0 spiro atoms. The molecule has 2 fully saturated rings. The topological polar surface area (TPSA) is 328 Å². The lowest BCUT2D eigenvalue weighted by molar-refractivity contribution is -0.137. The van der Waals surface area contributed by atoms with E-state index in [0.717, 1.165) is 25.0 Å². The summed E-state index contributed by atoms with van der Waals surface area (Å²) in [5.41, 5.74) is 7.64. The second-order valence-electron chi connectivity index (χ2n) is 16.3. The van der Waals surface area contributed by atoms with Gasteiger partial charge in [-0.05, 0) is 56.9 Å². The zero-order valence-corrected chi connectivity index (χ0v) is 36.9. The minimum atomic E-state index is -1.57. The molecule has 3 rings (SSSR count). The number of benzene rings is 1. The maximum atomic E-state index is 13.6. The number of nitrogens with one attached hydrogen (secondary N) is 9. The van der Waals surface area contributed by atoms with Crippen LogP contribution >= 0.6 is 11.8 Å². The van der Waals surface area contributed by atoms with Gasteiger partial charge in [-0.25, -0.2) is 10.3 Å². The van der Waals surface area contributed by atoms with Crippen LogP contribution in [0, 0.1) is 11.8 Å². The predicted octanol–water partition coefficient (Wildman–Crippen LogP) is -1.65. The third kappa shape index (κ3) is 18.8. The van der Waals surface area contributed by atoms with Gasteiger partial charge in [-0.1, -0.05) is 50.6 Å². The van der Waals surface area contributed by atoms with E-state index in [2.05, 4.69) is 42.5 Å². The smallest absolute Gasteiger partial charge is 0.315 e. The molecule has 2 aliphatic heterocycles. The zero-order chi connectivity index (χ0) is 46.5. The first-order chi connectivity index (χ1) is 30.0. The van der Waals surface area contributed by atoms with Crippen LogP contribution < -0.4 is 53.7 Å². The number of primary amides is 1. The minimum Gasteiger partial charge on any atom is -0.391 e. The fraction of sp³-hybridized carbons (Fsp3) is 0.634. The Labute approximate surface area is 371 Å². The van der Waals surface area contributed by atoms with E-state index in [1.807, 2.05) is 25.6 Å². The van der Waals surface area contributed by atoms with Crippen molar-refractivity contribution in [2.45, 2.75) is 127 Å². The quantitative estimate of drug-likeness (QED) is 0.0195. The molecule has 8 atom stereocenters. The van der Waals surface area contributed by atoms with Crippen LogP contribution in [-0.4, -0.2) is 131 Å². The molecule has 0 aliphatic carbocycles. The van der Waals surface area contributed by atoms with Crippen molar-refractivity contribution in [3.63, 3.8) is 0 Å². The lowest BCUT2D eigenvalue weighted by atomic mass is 9.92. The van der Waals surface area contributed by atoms with Crippen LogP contribution in [0.5, 0.6) is 0 Å². The van der Waals surface area contributed by atoms with E-state index in [4.69, 9.17) is 10.9 Å². The molecule has 10 amide bonds. The van der Waals surface area contributed by atoms with Gasteiger partial charge in [0, 0.05) is 42.7 Å². The Morgan fingerprint density at radius 3 is 2.17 bits per heavy atom. The van der Waals surface area contributed by atoms with E-state index in [9.17, 15) is 48.3 Å². The summed E-state index contributed by atoms with van der Waals surface area (Å²) in [6.45, 7) is 4.08. The average molecular weight is 905 g/mol. The van der Waals surface area contributed by atoms with E-state index in [-0.39, 0.29) is 55.6 Å². The van der Waals surface area contributed by atoms with Crippen molar-refractivity contribution >= 4 is 65.1 Å². The molecule has 1 aromatic carbocycles. The number of nitrogens with two attached hydrogens (primary N) is 1. The summed E-state index contributed by atoms with van der Waals surface area (Å²) in [5.74, 6) is -5.63. The molecule has 350 valence electrons. The van der Waals surface area contributed by atoms with E-state index in [0.29, 0.717) is 36.6 Å². The molecule has 0 bridgehead atoms. The fourth-order valence-corrected chi connectivity index (χ4v) is 8.79. The van der Waals surface area contributed by atoms with Crippen LogP contribution in [0.3, 0.4) is 0 Å². The van der Waals surface area contributed by atoms with Crippen molar-refractivity contribution in [2.75, 3.05) is 25.4 Å². The van der Waals surface area contributed by atoms with Crippen molar-refractivity contribution in [3.8, 4) is 0 Å². The molecular formula is C41H64N10O11S. The minimum absolute atomic E-state index is 0.0145. The Balaban J connectivity index is 1.39. The number of aliphatic hydroxyl groups is 1. The lowest BCUT2D eigenvalue weighted by Crippen LogP contribution is -2.58. The van der Waals surface area contributed by atoms with Gasteiger partial charge in [0.25, 0.3) is 0 Å². The van der Waals surface area contributed by atoms with Gasteiger partial charge < -0.3 is 53.4 Å². The summed E-state index contributed by atoms with van der Waals surface area (Å²) in [6, 6.07) is 4.97. The Morgan fingerprint density at radius 1 is 0.794 bits per heavy atom. The third-order valence-electron chi connectivity index (χ3n) is 10.5. The number of thioether (sulfide) groups is 1. The second-order valence-corrected chi connectivity index (χ2v) is 17.5. The molecule has 2 aliphatic rings. The van der Waals surface area contributed by atoms with Gasteiger partial charge in [0.1, 0.15) is 18.1 Å². The molecule has 0 saturated carbocycles. The van der Waals surface area contributed by atoms with Crippen LogP contribution in [0.2, 0.25) is 0 Å². The van der Waals surface area contributed by atoms with Gasteiger partial charge in [-0.2, -0.15) is 11.8 Å². The van der Waals surface area contributed by atoms with Gasteiger partial charge >= 0.3 is 6.03 Å². The first kappa shape index (κ1) is 51.9. The molecule has 2 heterocycles. The fourth-order valence-electron chi connectivity index (χ4n) is 7.24. The van der Waals surface area contributed by atoms with Crippen LogP contribution in [0.4, 0.5) is 4.79 Å². The molecule has 0 radical (unpaired) electrons. The van der Waals surface area contributed by atoms with Crippen LogP contribution in [0.15, 0.2) is 30.3 Å². The number of fused-ring (bicyclic) bond motifs is 1. The zero-order valence-electron chi connectivity index (χ0n) is 36.0. The van der Waals surface area contributed by atoms with Crippen molar-refractivity contribution in [1.82, 2.24) is 48.0 Å². The summed E-state index contributed by atoms with van der Waals surface area (Å²) in [4.78, 5) is 113. The number of hydrogen-bond acceptors (Lipinski definition) is 12.